The first-order chi connectivity index (χ1) is 10.1. The molecule has 1 aliphatic rings. The first kappa shape index (κ1) is 15.7. The molecule has 1 amide bonds. The minimum absolute atomic E-state index is 0.0425. The molecule has 0 aliphatic carbocycles. The normalized spacial score (nSPS) is 19.2. The van der Waals surface area contributed by atoms with Crippen LogP contribution in [0.25, 0.3) is 0 Å². The van der Waals surface area contributed by atoms with Crippen molar-refractivity contribution in [2.45, 2.75) is 25.8 Å². The summed E-state index contributed by atoms with van der Waals surface area (Å²) in [5, 5.41) is 6.11. The van der Waals surface area contributed by atoms with E-state index in [0.29, 0.717) is 23.8 Å². The molecule has 1 aliphatic heterocycles. The number of piperidine rings is 1. The van der Waals surface area contributed by atoms with Gasteiger partial charge in [0, 0.05) is 18.2 Å². The maximum atomic E-state index is 12.2. The fourth-order valence-electron chi connectivity index (χ4n) is 2.73. The quantitative estimate of drug-likeness (QED) is 0.807. The lowest BCUT2D eigenvalue weighted by molar-refractivity contribution is -0.117. The van der Waals surface area contributed by atoms with Crippen LogP contribution in [0.3, 0.4) is 0 Å². The Bertz CT molecular complexity index is 516. The molecular weight excluding hydrogens is 266 g/mol. The Balaban J connectivity index is 1.94. The molecule has 114 valence electrons. The van der Waals surface area contributed by atoms with Crippen molar-refractivity contribution in [3.8, 4) is 0 Å². The molecule has 1 unspecified atom stereocenters. The Hall–Kier alpha value is -1.72. The van der Waals surface area contributed by atoms with Crippen molar-refractivity contribution in [1.82, 2.24) is 10.2 Å². The number of likely N-dealkylation sites (N-methyl/N-ethyl adjacent to an activating group) is 1. The average molecular weight is 289 g/mol. The summed E-state index contributed by atoms with van der Waals surface area (Å²) in [6, 6.07) is 7.57. The zero-order valence-corrected chi connectivity index (χ0v) is 12.7. The van der Waals surface area contributed by atoms with Gasteiger partial charge in [0.05, 0.1) is 12.2 Å². The highest BCUT2D eigenvalue weighted by Gasteiger charge is 2.20. The van der Waals surface area contributed by atoms with Crippen LogP contribution in [-0.4, -0.2) is 49.3 Å². The second-order valence-electron chi connectivity index (χ2n) is 5.51. The maximum absolute atomic E-state index is 12.2. The van der Waals surface area contributed by atoms with Crippen molar-refractivity contribution in [3.05, 3.63) is 29.8 Å². The number of ketones is 1. The molecule has 1 saturated heterocycles. The Morgan fingerprint density at radius 2 is 2.10 bits per heavy atom. The molecular formula is C16H23N3O2. The summed E-state index contributed by atoms with van der Waals surface area (Å²) < 4.78 is 0. The van der Waals surface area contributed by atoms with E-state index in [1.807, 2.05) is 13.1 Å². The van der Waals surface area contributed by atoms with Crippen LogP contribution in [0, 0.1) is 0 Å². The number of Topliss-reactive ketones (excluding diaryl/α,β-unsaturated/α-hetero) is 1. The first-order valence-electron chi connectivity index (χ1n) is 7.39. The van der Waals surface area contributed by atoms with Crippen molar-refractivity contribution in [2.24, 2.45) is 0 Å². The third-order valence-corrected chi connectivity index (χ3v) is 3.86. The molecule has 1 atom stereocenters. The predicted molar refractivity (Wildman–Crippen MR) is 83.6 cm³/mol. The molecule has 1 aromatic rings. The van der Waals surface area contributed by atoms with Gasteiger partial charge in [0.15, 0.2) is 5.78 Å². The van der Waals surface area contributed by atoms with Crippen molar-refractivity contribution >= 4 is 17.4 Å². The van der Waals surface area contributed by atoms with Gasteiger partial charge in [-0.15, -0.1) is 0 Å². The molecule has 21 heavy (non-hydrogen) atoms. The molecule has 2 N–H and O–H groups in total. The van der Waals surface area contributed by atoms with Crippen LogP contribution in [0.15, 0.2) is 24.3 Å². The van der Waals surface area contributed by atoms with E-state index in [9.17, 15) is 9.59 Å². The summed E-state index contributed by atoms with van der Waals surface area (Å²) in [7, 11) is 1.96. The largest absolute Gasteiger partial charge is 0.324 e. The highest BCUT2D eigenvalue weighted by atomic mass is 16.2. The van der Waals surface area contributed by atoms with Crippen LogP contribution in [0.4, 0.5) is 5.69 Å². The lowest BCUT2D eigenvalue weighted by Gasteiger charge is -2.31. The number of nitrogens with zero attached hydrogens (tertiary/aromatic N) is 1. The number of rotatable bonds is 5. The second kappa shape index (κ2) is 7.33. The van der Waals surface area contributed by atoms with Gasteiger partial charge in [0.25, 0.3) is 0 Å². The second-order valence-corrected chi connectivity index (χ2v) is 5.51. The molecule has 1 aromatic carbocycles. The third-order valence-electron chi connectivity index (χ3n) is 3.86. The number of anilines is 1. The van der Waals surface area contributed by atoms with E-state index in [1.54, 1.807) is 18.2 Å². The molecule has 1 fully saturated rings. The van der Waals surface area contributed by atoms with Gasteiger partial charge >= 0.3 is 0 Å². The van der Waals surface area contributed by atoms with Gasteiger partial charge in [0.1, 0.15) is 0 Å². The zero-order valence-electron chi connectivity index (χ0n) is 12.7. The first-order valence-corrected chi connectivity index (χ1v) is 7.39. The number of nitrogens with one attached hydrogen (secondary N) is 2. The van der Waals surface area contributed by atoms with Crippen molar-refractivity contribution in [1.29, 1.82) is 0 Å². The Morgan fingerprint density at radius 1 is 1.33 bits per heavy atom. The molecule has 5 nitrogen and oxygen atoms in total. The van der Waals surface area contributed by atoms with Gasteiger partial charge in [-0.2, -0.15) is 0 Å². The average Bonchev–Trinajstić information content (AvgIpc) is 2.47. The molecule has 5 heteroatoms. The molecule has 1 heterocycles. The van der Waals surface area contributed by atoms with Gasteiger partial charge in [-0.3, -0.25) is 14.5 Å². The summed E-state index contributed by atoms with van der Waals surface area (Å²) in [6.07, 6.45) is 2.25. The van der Waals surface area contributed by atoms with Gasteiger partial charge in [-0.1, -0.05) is 12.1 Å². The topological polar surface area (TPSA) is 61.4 Å². The maximum Gasteiger partial charge on any atom is 0.238 e. The Labute approximate surface area is 125 Å². The highest BCUT2D eigenvalue weighted by molar-refractivity contribution is 6.04. The van der Waals surface area contributed by atoms with Crippen LogP contribution in [0.2, 0.25) is 0 Å². The molecule has 0 aromatic heterocycles. The number of hydrogen-bond donors (Lipinski definition) is 2. The lowest BCUT2D eigenvalue weighted by atomic mass is 10.1. The summed E-state index contributed by atoms with van der Waals surface area (Å²) >= 11 is 0. The number of benzene rings is 1. The number of likely N-dealkylation sites (tertiary alicyclic amines) is 1. The van der Waals surface area contributed by atoms with Gasteiger partial charge in [-0.25, -0.2) is 0 Å². The summed E-state index contributed by atoms with van der Waals surface area (Å²) in [5.41, 5.74) is 1.15. The molecule has 0 spiro atoms. The fourth-order valence-corrected chi connectivity index (χ4v) is 2.73. The van der Waals surface area contributed by atoms with Gasteiger partial charge in [0.2, 0.25) is 5.91 Å². The van der Waals surface area contributed by atoms with Crippen molar-refractivity contribution in [2.75, 3.05) is 32.0 Å². The summed E-state index contributed by atoms with van der Waals surface area (Å²) in [6.45, 7) is 3.70. The standard InChI is InChI=1S/C16H23N3O2/c1-12(20)14-7-3-4-8-15(14)18-16(21)11-19-9-5-6-13(10-19)17-2/h3-4,7-8,13,17H,5-6,9-11H2,1-2H3,(H,18,21). The number of carbonyl (C=O) groups excluding carboxylic acids is 2. The van der Waals surface area contributed by atoms with E-state index in [1.165, 1.54) is 6.92 Å². The van der Waals surface area contributed by atoms with Crippen LogP contribution in [-0.2, 0) is 4.79 Å². The van der Waals surface area contributed by atoms with Crippen molar-refractivity contribution in [3.63, 3.8) is 0 Å². The monoisotopic (exact) mass is 289 g/mol. The van der Waals surface area contributed by atoms with Gasteiger partial charge < -0.3 is 10.6 Å². The zero-order chi connectivity index (χ0) is 15.2. The highest BCUT2D eigenvalue weighted by Crippen LogP contribution is 2.16. The number of hydrogen-bond acceptors (Lipinski definition) is 4. The van der Waals surface area contributed by atoms with E-state index in [0.717, 1.165) is 25.9 Å². The molecule has 2 rings (SSSR count). The minimum Gasteiger partial charge on any atom is -0.324 e. The van der Waals surface area contributed by atoms with E-state index in [2.05, 4.69) is 15.5 Å². The fraction of sp³-hybridized carbons (Fsp3) is 0.500. The summed E-state index contributed by atoms with van der Waals surface area (Å²) in [4.78, 5) is 25.9. The van der Waals surface area contributed by atoms with E-state index < -0.39 is 0 Å². The van der Waals surface area contributed by atoms with Crippen molar-refractivity contribution < 1.29 is 9.59 Å². The number of carbonyl (C=O) groups is 2. The van der Waals surface area contributed by atoms with Crippen LogP contribution in [0.5, 0.6) is 0 Å². The van der Waals surface area contributed by atoms with Gasteiger partial charge in [-0.05, 0) is 45.5 Å². The SMILES string of the molecule is CNC1CCCN(CC(=O)Nc2ccccc2C(C)=O)C1. The molecule has 0 radical (unpaired) electrons. The molecule has 0 saturated carbocycles. The lowest BCUT2D eigenvalue weighted by Crippen LogP contribution is -2.46. The number of para-hydroxylation sites is 1. The number of amides is 1. The summed E-state index contributed by atoms with van der Waals surface area (Å²) in [5.74, 6) is -0.112. The third kappa shape index (κ3) is 4.37. The molecule has 0 bridgehead atoms. The van der Waals surface area contributed by atoms with Crippen LogP contribution < -0.4 is 10.6 Å². The predicted octanol–water partition coefficient (Wildman–Crippen LogP) is 1.51. The van der Waals surface area contributed by atoms with Crippen LogP contribution >= 0.6 is 0 Å². The van der Waals surface area contributed by atoms with Crippen LogP contribution in [0.1, 0.15) is 30.1 Å². The minimum atomic E-state index is -0.0690. The van der Waals surface area contributed by atoms with E-state index in [4.69, 9.17) is 0 Å². The smallest absolute Gasteiger partial charge is 0.238 e. The van der Waals surface area contributed by atoms with E-state index in [-0.39, 0.29) is 11.7 Å². The van der Waals surface area contributed by atoms with E-state index >= 15 is 0 Å². The Morgan fingerprint density at radius 3 is 2.81 bits per heavy atom. The Kier molecular flexibility index (Phi) is 5.47.